The molecule has 1 aromatic carbocycles. The summed E-state index contributed by atoms with van der Waals surface area (Å²) in [5, 5.41) is 19.9. The first kappa shape index (κ1) is 11.5. The molecule has 1 unspecified atom stereocenters. The van der Waals surface area contributed by atoms with Crippen LogP contribution in [0.25, 0.3) is 0 Å². The predicted octanol–water partition coefficient (Wildman–Crippen LogP) is 3.18. The molecular formula is C14H20O2. The summed E-state index contributed by atoms with van der Waals surface area (Å²) in [4.78, 5) is 0. The van der Waals surface area contributed by atoms with E-state index in [1.807, 2.05) is 19.1 Å². The summed E-state index contributed by atoms with van der Waals surface area (Å²) in [5.74, 6) is 0.606. The van der Waals surface area contributed by atoms with Crippen LogP contribution in [-0.4, -0.2) is 10.2 Å². The van der Waals surface area contributed by atoms with Crippen LogP contribution in [0, 0.1) is 5.92 Å². The Labute approximate surface area is 96.9 Å². The normalized spacial score (nSPS) is 21.6. The lowest BCUT2D eigenvalue weighted by Gasteiger charge is -2.36. The van der Waals surface area contributed by atoms with Crippen LogP contribution in [0.1, 0.15) is 44.6 Å². The van der Waals surface area contributed by atoms with Crippen LogP contribution in [0.15, 0.2) is 24.3 Å². The molecule has 0 heterocycles. The maximum Gasteiger partial charge on any atom is 0.115 e. The summed E-state index contributed by atoms with van der Waals surface area (Å²) in [6.07, 6.45) is 5.95. The van der Waals surface area contributed by atoms with Crippen LogP contribution >= 0.6 is 0 Å². The number of rotatable bonds is 2. The fourth-order valence-electron chi connectivity index (χ4n) is 2.70. The molecule has 1 saturated carbocycles. The van der Waals surface area contributed by atoms with Crippen LogP contribution in [0.3, 0.4) is 0 Å². The Bertz CT molecular complexity index is 334. The third-order valence-corrected chi connectivity index (χ3v) is 3.85. The highest BCUT2D eigenvalue weighted by molar-refractivity contribution is 5.30. The van der Waals surface area contributed by atoms with Crippen LogP contribution < -0.4 is 0 Å². The molecule has 16 heavy (non-hydrogen) atoms. The van der Waals surface area contributed by atoms with Gasteiger partial charge in [0.15, 0.2) is 0 Å². The minimum Gasteiger partial charge on any atom is -0.508 e. The molecule has 1 atom stereocenters. The first-order valence-corrected chi connectivity index (χ1v) is 6.12. The number of hydrogen-bond donors (Lipinski definition) is 2. The number of phenolic OH excluding ortho intramolecular Hbond substituents is 1. The number of aromatic hydroxyl groups is 1. The fourth-order valence-corrected chi connectivity index (χ4v) is 2.70. The maximum absolute atomic E-state index is 10.6. The van der Waals surface area contributed by atoms with Crippen LogP contribution in [0.2, 0.25) is 0 Å². The first-order valence-electron chi connectivity index (χ1n) is 6.12. The lowest BCUT2D eigenvalue weighted by atomic mass is 9.74. The van der Waals surface area contributed by atoms with E-state index in [1.165, 1.54) is 19.3 Å². The van der Waals surface area contributed by atoms with Gasteiger partial charge in [0.2, 0.25) is 0 Å². The van der Waals surface area contributed by atoms with Gasteiger partial charge in [-0.3, -0.25) is 0 Å². The summed E-state index contributed by atoms with van der Waals surface area (Å²) in [6, 6.07) is 6.94. The minimum absolute atomic E-state index is 0.253. The molecule has 0 spiro atoms. The molecule has 2 N–H and O–H groups in total. The van der Waals surface area contributed by atoms with Gasteiger partial charge in [-0.1, -0.05) is 31.4 Å². The zero-order valence-electron chi connectivity index (χ0n) is 9.82. The van der Waals surface area contributed by atoms with Crippen LogP contribution in [0.4, 0.5) is 0 Å². The molecule has 88 valence electrons. The van der Waals surface area contributed by atoms with E-state index < -0.39 is 5.60 Å². The van der Waals surface area contributed by atoms with E-state index in [2.05, 4.69) is 0 Å². The van der Waals surface area contributed by atoms with Gasteiger partial charge in [0.05, 0.1) is 5.60 Å². The van der Waals surface area contributed by atoms with Gasteiger partial charge in [-0.15, -0.1) is 0 Å². The van der Waals surface area contributed by atoms with Crippen molar-refractivity contribution in [2.45, 2.75) is 44.6 Å². The standard InChI is InChI=1S/C14H20O2/c1-14(16,11-5-3-2-4-6-11)12-7-9-13(15)10-8-12/h7-11,15-16H,2-6H2,1H3. The van der Waals surface area contributed by atoms with Crippen molar-refractivity contribution < 1.29 is 10.2 Å². The molecule has 1 aliphatic carbocycles. The van der Waals surface area contributed by atoms with Gasteiger partial charge in [0.25, 0.3) is 0 Å². The van der Waals surface area contributed by atoms with Gasteiger partial charge in [0, 0.05) is 0 Å². The zero-order chi connectivity index (χ0) is 11.6. The van der Waals surface area contributed by atoms with Crippen molar-refractivity contribution >= 4 is 0 Å². The van der Waals surface area contributed by atoms with Gasteiger partial charge in [0.1, 0.15) is 5.75 Å². The predicted molar refractivity (Wildman–Crippen MR) is 64.3 cm³/mol. The smallest absolute Gasteiger partial charge is 0.115 e. The fraction of sp³-hybridized carbons (Fsp3) is 0.571. The van der Waals surface area contributed by atoms with E-state index in [0.29, 0.717) is 5.92 Å². The largest absolute Gasteiger partial charge is 0.508 e. The minimum atomic E-state index is -0.756. The molecule has 0 aliphatic heterocycles. The number of phenols is 1. The molecule has 1 fully saturated rings. The van der Waals surface area contributed by atoms with Gasteiger partial charge in [-0.2, -0.15) is 0 Å². The lowest BCUT2D eigenvalue weighted by molar-refractivity contribution is -0.0215. The van der Waals surface area contributed by atoms with Crippen LogP contribution in [0.5, 0.6) is 5.75 Å². The molecule has 0 radical (unpaired) electrons. The number of hydrogen-bond acceptors (Lipinski definition) is 2. The van der Waals surface area contributed by atoms with E-state index >= 15 is 0 Å². The van der Waals surface area contributed by atoms with E-state index in [9.17, 15) is 10.2 Å². The van der Waals surface area contributed by atoms with E-state index in [-0.39, 0.29) is 5.75 Å². The number of benzene rings is 1. The monoisotopic (exact) mass is 220 g/mol. The Hall–Kier alpha value is -1.02. The van der Waals surface area contributed by atoms with Crippen molar-refractivity contribution in [2.24, 2.45) is 5.92 Å². The summed E-state index contributed by atoms with van der Waals surface area (Å²) in [5.41, 5.74) is 0.158. The van der Waals surface area contributed by atoms with Crippen molar-refractivity contribution in [2.75, 3.05) is 0 Å². The van der Waals surface area contributed by atoms with Gasteiger partial charge < -0.3 is 10.2 Å². The number of aliphatic hydroxyl groups is 1. The van der Waals surface area contributed by atoms with Gasteiger partial charge in [-0.25, -0.2) is 0 Å². The average Bonchev–Trinajstić information content (AvgIpc) is 2.31. The van der Waals surface area contributed by atoms with Crippen molar-refractivity contribution in [1.29, 1.82) is 0 Å². The highest BCUT2D eigenvalue weighted by Crippen LogP contribution is 2.39. The Morgan fingerprint density at radius 1 is 1.06 bits per heavy atom. The quantitative estimate of drug-likeness (QED) is 0.803. The maximum atomic E-state index is 10.6. The van der Waals surface area contributed by atoms with Crippen molar-refractivity contribution in [3.63, 3.8) is 0 Å². The second kappa shape index (κ2) is 4.46. The Morgan fingerprint density at radius 3 is 2.19 bits per heavy atom. The highest BCUT2D eigenvalue weighted by Gasteiger charge is 2.34. The zero-order valence-corrected chi connectivity index (χ0v) is 9.82. The average molecular weight is 220 g/mol. The SMILES string of the molecule is CC(O)(c1ccc(O)cc1)C1CCCCC1. The summed E-state index contributed by atoms with van der Waals surface area (Å²) in [7, 11) is 0. The summed E-state index contributed by atoms with van der Waals surface area (Å²) in [6.45, 7) is 1.90. The molecule has 1 aromatic rings. The van der Waals surface area contributed by atoms with Gasteiger partial charge >= 0.3 is 0 Å². The summed E-state index contributed by atoms with van der Waals surface area (Å²) < 4.78 is 0. The molecule has 1 aliphatic rings. The Morgan fingerprint density at radius 2 is 1.62 bits per heavy atom. The lowest BCUT2D eigenvalue weighted by Crippen LogP contribution is -2.33. The van der Waals surface area contributed by atoms with E-state index in [1.54, 1.807) is 12.1 Å². The molecule has 2 nitrogen and oxygen atoms in total. The second-order valence-electron chi connectivity index (χ2n) is 5.03. The van der Waals surface area contributed by atoms with Crippen molar-refractivity contribution in [3.05, 3.63) is 29.8 Å². The third-order valence-electron chi connectivity index (χ3n) is 3.85. The summed E-state index contributed by atoms with van der Waals surface area (Å²) >= 11 is 0. The molecule has 0 amide bonds. The molecule has 0 aromatic heterocycles. The molecule has 2 rings (SSSR count). The third kappa shape index (κ3) is 2.22. The van der Waals surface area contributed by atoms with Crippen molar-refractivity contribution in [3.8, 4) is 5.75 Å². The molecular weight excluding hydrogens is 200 g/mol. The Kier molecular flexibility index (Phi) is 3.20. The molecule has 2 heteroatoms. The molecule has 0 bridgehead atoms. The van der Waals surface area contributed by atoms with Gasteiger partial charge in [-0.05, 0) is 43.4 Å². The molecule has 0 saturated heterocycles. The first-order chi connectivity index (χ1) is 7.60. The van der Waals surface area contributed by atoms with Crippen LogP contribution in [-0.2, 0) is 5.60 Å². The topological polar surface area (TPSA) is 40.5 Å². The van der Waals surface area contributed by atoms with E-state index in [4.69, 9.17) is 0 Å². The van der Waals surface area contributed by atoms with Crippen molar-refractivity contribution in [1.82, 2.24) is 0 Å². The van der Waals surface area contributed by atoms with E-state index in [0.717, 1.165) is 18.4 Å². The second-order valence-corrected chi connectivity index (χ2v) is 5.03. The highest BCUT2D eigenvalue weighted by atomic mass is 16.3. The Balaban J connectivity index is 2.19.